The van der Waals surface area contributed by atoms with E-state index in [1.807, 2.05) is 0 Å². The lowest BCUT2D eigenvalue weighted by Gasteiger charge is -2.27. The fourth-order valence-electron chi connectivity index (χ4n) is 2.57. The Labute approximate surface area is 130 Å². The van der Waals surface area contributed by atoms with Crippen LogP contribution in [0.2, 0.25) is 0 Å². The van der Waals surface area contributed by atoms with Crippen molar-refractivity contribution in [2.45, 2.75) is 51.2 Å². The van der Waals surface area contributed by atoms with Crippen LogP contribution in [-0.2, 0) is 14.3 Å². The Balaban J connectivity index is 2.47. The third-order valence-corrected chi connectivity index (χ3v) is 4.03. The average molecular weight is 326 g/mol. The molecular weight excluding hydrogens is 308 g/mol. The Morgan fingerprint density at radius 2 is 2.04 bits per heavy atom. The van der Waals surface area contributed by atoms with E-state index in [4.69, 9.17) is 4.74 Å². The predicted molar refractivity (Wildman–Crippen MR) is 76.9 cm³/mol. The van der Waals surface area contributed by atoms with Gasteiger partial charge in [-0.15, -0.1) is 0 Å². The number of carbonyl (C=O) groups is 2. The van der Waals surface area contributed by atoms with Gasteiger partial charge in [-0.05, 0) is 20.8 Å². The third-order valence-electron chi connectivity index (χ3n) is 4.03. The van der Waals surface area contributed by atoms with Gasteiger partial charge in [-0.1, -0.05) is 0 Å². The lowest BCUT2D eigenvalue weighted by molar-refractivity contribution is -0.158. The summed E-state index contributed by atoms with van der Waals surface area (Å²) in [4.78, 5) is 48.6. The van der Waals surface area contributed by atoms with Crippen molar-refractivity contribution in [2.75, 3.05) is 0 Å². The zero-order valence-corrected chi connectivity index (χ0v) is 12.9. The second-order valence-corrected chi connectivity index (χ2v) is 5.73. The normalized spacial score (nSPS) is 28.6. The van der Waals surface area contributed by atoms with Gasteiger partial charge in [-0.3, -0.25) is 23.9 Å². The molecule has 126 valence electrons. The van der Waals surface area contributed by atoms with Gasteiger partial charge in [0.1, 0.15) is 18.4 Å². The highest BCUT2D eigenvalue weighted by atomic mass is 16.6. The molecule has 1 unspecified atom stereocenters. The van der Waals surface area contributed by atoms with E-state index in [1.54, 1.807) is 0 Å². The molecule has 0 aromatic carbocycles. The number of nitrogens with one attached hydrogen (secondary N) is 1. The number of nitrogens with zero attached hydrogens (tertiary/aromatic N) is 1. The van der Waals surface area contributed by atoms with Gasteiger partial charge in [0.05, 0.1) is 0 Å². The maximum atomic E-state index is 11.9. The zero-order valence-electron chi connectivity index (χ0n) is 12.9. The molecule has 0 spiro atoms. The zero-order chi connectivity index (χ0) is 17.5. The molecule has 0 amide bonds. The number of ketones is 2. The number of aromatic amines is 1. The number of aliphatic hydroxyl groups excluding tert-OH is 1. The van der Waals surface area contributed by atoms with Crippen LogP contribution in [0.25, 0.3) is 0 Å². The number of hydrogen-bond donors (Lipinski definition) is 3. The highest BCUT2D eigenvalue weighted by molar-refractivity contribution is 5.88. The van der Waals surface area contributed by atoms with Gasteiger partial charge in [-0.2, -0.15) is 0 Å². The first-order chi connectivity index (χ1) is 10.6. The molecule has 2 heterocycles. The van der Waals surface area contributed by atoms with Crippen LogP contribution in [0.4, 0.5) is 0 Å². The van der Waals surface area contributed by atoms with E-state index in [0.29, 0.717) is 0 Å². The molecule has 0 saturated carbocycles. The maximum Gasteiger partial charge on any atom is 0.330 e. The van der Waals surface area contributed by atoms with Crippen LogP contribution in [-0.4, -0.2) is 49.1 Å². The molecule has 0 radical (unpaired) electrons. The van der Waals surface area contributed by atoms with Crippen molar-refractivity contribution in [1.29, 1.82) is 0 Å². The van der Waals surface area contributed by atoms with Gasteiger partial charge in [0.2, 0.25) is 0 Å². The molecule has 0 bridgehead atoms. The van der Waals surface area contributed by atoms with Crippen molar-refractivity contribution in [3.05, 3.63) is 32.6 Å². The average Bonchev–Trinajstić information content (AvgIpc) is 2.81. The van der Waals surface area contributed by atoms with E-state index in [-0.39, 0.29) is 12.0 Å². The molecule has 4 atom stereocenters. The number of aliphatic hydroxyl groups is 2. The second-order valence-electron chi connectivity index (χ2n) is 5.73. The number of hydrogen-bond acceptors (Lipinski definition) is 7. The summed E-state index contributed by atoms with van der Waals surface area (Å²) in [5, 5.41) is 20.4. The monoisotopic (exact) mass is 326 g/mol. The summed E-state index contributed by atoms with van der Waals surface area (Å²) in [5.41, 5.74) is -3.23. The lowest BCUT2D eigenvalue weighted by atomic mass is 9.86. The summed E-state index contributed by atoms with van der Waals surface area (Å²) in [6, 6.07) is 0. The highest BCUT2D eigenvalue weighted by Gasteiger charge is 2.55. The Morgan fingerprint density at radius 1 is 1.43 bits per heavy atom. The smallest absolute Gasteiger partial charge is 0.330 e. The molecule has 1 aliphatic heterocycles. The lowest BCUT2D eigenvalue weighted by Crippen LogP contribution is -2.52. The van der Waals surface area contributed by atoms with Gasteiger partial charge < -0.3 is 14.9 Å². The molecule has 23 heavy (non-hydrogen) atoms. The predicted octanol–water partition coefficient (Wildman–Crippen LogP) is -1.60. The van der Waals surface area contributed by atoms with Crippen LogP contribution in [0.3, 0.4) is 0 Å². The Bertz CT molecular complexity index is 765. The van der Waals surface area contributed by atoms with Gasteiger partial charge >= 0.3 is 5.69 Å². The van der Waals surface area contributed by atoms with Crippen LogP contribution in [0.1, 0.15) is 32.1 Å². The summed E-state index contributed by atoms with van der Waals surface area (Å²) in [7, 11) is 0. The van der Waals surface area contributed by atoms with Crippen molar-refractivity contribution in [2.24, 2.45) is 0 Å². The second kappa shape index (κ2) is 5.84. The standard InChI is InChI=1S/C14H18N2O7/c1-6-5-16(13(21)15-12(6)20)9-4-14(22,8(3)18)11(23-9)10(19)7(2)17/h5,9-11,19,22H,4H2,1-3H3,(H,15,20,21)/t9-,10?,11-,14-/m1/s1. The highest BCUT2D eigenvalue weighted by Crippen LogP contribution is 2.38. The molecule has 9 heteroatoms. The van der Waals surface area contributed by atoms with E-state index in [0.717, 1.165) is 18.4 Å². The minimum atomic E-state index is -2.11. The van der Waals surface area contributed by atoms with Gasteiger partial charge in [-0.25, -0.2) is 4.79 Å². The molecule has 1 aromatic rings. The van der Waals surface area contributed by atoms with Crippen molar-refractivity contribution < 1.29 is 24.5 Å². The van der Waals surface area contributed by atoms with Gasteiger partial charge in [0.15, 0.2) is 17.2 Å². The van der Waals surface area contributed by atoms with Crippen molar-refractivity contribution in [1.82, 2.24) is 9.55 Å². The summed E-state index contributed by atoms with van der Waals surface area (Å²) < 4.78 is 6.43. The third kappa shape index (κ3) is 2.90. The van der Waals surface area contributed by atoms with Crippen molar-refractivity contribution >= 4 is 11.6 Å². The number of rotatable bonds is 4. The fraction of sp³-hybridized carbons (Fsp3) is 0.571. The van der Waals surface area contributed by atoms with Crippen LogP contribution in [0.5, 0.6) is 0 Å². The fourth-order valence-corrected chi connectivity index (χ4v) is 2.57. The number of Topliss-reactive ketones (excluding diaryl/α,β-unsaturated/α-hetero) is 2. The molecular formula is C14H18N2O7. The van der Waals surface area contributed by atoms with Crippen molar-refractivity contribution in [3.63, 3.8) is 0 Å². The summed E-state index contributed by atoms with van der Waals surface area (Å²) in [6.45, 7) is 3.67. The molecule has 9 nitrogen and oxygen atoms in total. The number of aryl methyl sites for hydroxylation is 1. The molecule has 2 rings (SSSR count). The first kappa shape index (κ1) is 17.3. The first-order valence-corrected chi connectivity index (χ1v) is 6.97. The van der Waals surface area contributed by atoms with Crippen LogP contribution in [0, 0.1) is 6.92 Å². The summed E-state index contributed by atoms with van der Waals surface area (Å²) in [6.07, 6.45) is -3.42. The minimum Gasteiger partial charge on any atom is -0.382 e. The van der Waals surface area contributed by atoms with Crippen LogP contribution in [0.15, 0.2) is 15.8 Å². The van der Waals surface area contributed by atoms with E-state index >= 15 is 0 Å². The quantitative estimate of drug-likeness (QED) is 0.605. The molecule has 0 aliphatic carbocycles. The van der Waals surface area contributed by atoms with Crippen LogP contribution >= 0.6 is 0 Å². The van der Waals surface area contributed by atoms with E-state index in [1.165, 1.54) is 13.1 Å². The van der Waals surface area contributed by atoms with Gasteiger partial charge in [0, 0.05) is 18.2 Å². The Hall–Kier alpha value is -2.10. The minimum absolute atomic E-state index is 0.232. The number of aromatic nitrogens is 2. The Kier molecular flexibility index (Phi) is 4.38. The summed E-state index contributed by atoms with van der Waals surface area (Å²) in [5.74, 6) is -1.38. The van der Waals surface area contributed by atoms with Crippen LogP contribution < -0.4 is 11.2 Å². The largest absolute Gasteiger partial charge is 0.382 e. The summed E-state index contributed by atoms with van der Waals surface area (Å²) >= 11 is 0. The molecule has 1 aliphatic rings. The van der Waals surface area contributed by atoms with Crippen molar-refractivity contribution in [3.8, 4) is 0 Å². The van der Waals surface area contributed by atoms with Gasteiger partial charge in [0.25, 0.3) is 5.56 Å². The Morgan fingerprint density at radius 3 is 2.57 bits per heavy atom. The first-order valence-electron chi connectivity index (χ1n) is 6.97. The molecule has 1 saturated heterocycles. The maximum absolute atomic E-state index is 11.9. The topological polar surface area (TPSA) is 139 Å². The van der Waals surface area contributed by atoms with E-state index in [9.17, 15) is 29.4 Å². The van der Waals surface area contributed by atoms with E-state index in [2.05, 4.69) is 4.98 Å². The number of H-pyrrole nitrogens is 1. The molecule has 1 aromatic heterocycles. The molecule has 1 fully saturated rings. The SMILES string of the molecule is CC(=O)C(O)[C@H]1O[C@@H](n2cc(C)c(=O)[nH]c2=O)C[C@@]1(O)C(C)=O. The van der Waals surface area contributed by atoms with E-state index < -0.39 is 46.9 Å². The number of carbonyl (C=O) groups excluding carboxylic acids is 2. The number of ether oxygens (including phenoxy) is 1. The molecule has 3 N–H and O–H groups in total.